The summed E-state index contributed by atoms with van der Waals surface area (Å²) in [6.45, 7) is 14.3. The normalized spacial score (nSPS) is 13.7. The van der Waals surface area contributed by atoms with Crippen LogP contribution in [0.25, 0.3) is 0 Å². The van der Waals surface area contributed by atoms with Crippen LogP contribution in [0.2, 0.25) is 0 Å². The number of hydrogen-bond acceptors (Lipinski definition) is 2. The molecule has 1 rings (SSSR count). The molecular formula is C17H29BrN2. The van der Waals surface area contributed by atoms with Gasteiger partial charge in [0, 0.05) is 35.3 Å². The maximum atomic E-state index is 3.59. The van der Waals surface area contributed by atoms with Crippen molar-refractivity contribution in [2.45, 2.75) is 59.7 Å². The molecule has 0 aliphatic carbocycles. The number of halogens is 1. The Balaban J connectivity index is 3.01. The van der Waals surface area contributed by atoms with Gasteiger partial charge in [0.05, 0.1) is 0 Å². The fourth-order valence-corrected chi connectivity index (χ4v) is 2.48. The number of anilines is 1. The molecule has 1 aromatic carbocycles. The van der Waals surface area contributed by atoms with Crippen LogP contribution in [0.4, 0.5) is 5.69 Å². The molecule has 20 heavy (non-hydrogen) atoms. The minimum atomic E-state index is 0.127. The predicted octanol–water partition coefficient (Wildman–Crippen LogP) is 4.82. The Kier molecular flexibility index (Phi) is 6.08. The van der Waals surface area contributed by atoms with Crippen molar-refractivity contribution < 1.29 is 0 Å². The summed E-state index contributed by atoms with van der Waals surface area (Å²) in [6, 6.07) is 7.07. The number of nitrogens with zero attached hydrogens (tertiary/aromatic N) is 1. The molecule has 0 amide bonds. The Bertz CT molecular complexity index is 435. The van der Waals surface area contributed by atoms with E-state index in [1.54, 1.807) is 0 Å². The summed E-state index contributed by atoms with van der Waals surface area (Å²) in [5, 5.41) is 3.58. The minimum Gasteiger partial charge on any atom is -0.371 e. The highest BCUT2D eigenvalue weighted by Crippen LogP contribution is 2.27. The Morgan fingerprint density at radius 3 is 2.30 bits per heavy atom. The molecule has 0 bridgehead atoms. The van der Waals surface area contributed by atoms with Crippen molar-refractivity contribution in [3.8, 4) is 0 Å². The van der Waals surface area contributed by atoms with Crippen LogP contribution < -0.4 is 10.2 Å². The topological polar surface area (TPSA) is 15.3 Å². The largest absolute Gasteiger partial charge is 0.371 e. The van der Waals surface area contributed by atoms with E-state index in [0.29, 0.717) is 12.0 Å². The van der Waals surface area contributed by atoms with Crippen LogP contribution in [0.1, 0.15) is 47.1 Å². The molecule has 0 heterocycles. The molecule has 3 heteroatoms. The van der Waals surface area contributed by atoms with Gasteiger partial charge in [0.1, 0.15) is 0 Å². The SMILES string of the molecule is CC(C)C(C)N(C)c1ccc(Br)cc1CNC(C)(C)C. The second-order valence-electron chi connectivity index (χ2n) is 6.97. The fraction of sp³-hybridized carbons (Fsp3) is 0.647. The first-order chi connectivity index (χ1) is 9.11. The monoisotopic (exact) mass is 340 g/mol. The van der Waals surface area contributed by atoms with Crippen LogP contribution in [0, 0.1) is 5.92 Å². The van der Waals surface area contributed by atoms with Gasteiger partial charge in [-0.05, 0) is 57.4 Å². The van der Waals surface area contributed by atoms with Crippen molar-refractivity contribution in [2.75, 3.05) is 11.9 Å². The van der Waals surface area contributed by atoms with Crippen molar-refractivity contribution in [1.29, 1.82) is 0 Å². The van der Waals surface area contributed by atoms with E-state index < -0.39 is 0 Å². The first-order valence-electron chi connectivity index (χ1n) is 7.38. The van der Waals surface area contributed by atoms with Crippen LogP contribution in [0.3, 0.4) is 0 Å². The summed E-state index contributed by atoms with van der Waals surface area (Å²) in [5.41, 5.74) is 2.78. The molecule has 0 fully saturated rings. The summed E-state index contributed by atoms with van der Waals surface area (Å²) >= 11 is 3.59. The lowest BCUT2D eigenvalue weighted by atomic mass is 10.0. The molecule has 114 valence electrons. The van der Waals surface area contributed by atoms with Gasteiger partial charge in [-0.3, -0.25) is 0 Å². The predicted molar refractivity (Wildman–Crippen MR) is 93.4 cm³/mol. The van der Waals surface area contributed by atoms with E-state index in [-0.39, 0.29) is 5.54 Å². The van der Waals surface area contributed by atoms with Crippen molar-refractivity contribution in [3.63, 3.8) is 0 Å². The van der Waals surface area contributed by atoms with Crippen molar-refractivity contribution in [1.82, 2.24) is 5.32 Å². The lowest BCUT2D eigenvalue weighted by Crippen LogP contribution is -2.37. The number of benzene rings is 1. The molecule has 2 nitrogen and oxygen atoms in total. The van der Waals surface area contributed by atoms with Gasteiger partial charge in [-0.1, -0.05) is 29.8 Å². The zero-order valence-electron chi connectivity index (χ0n) is 13.9. The maximum Gasteiger partial charge on any atom is 0.0412 e. The van der Waals surface area contributed by atoms with Gasteiger partial charge in [0.2, 0.25) is 0 Å². The van der Waals surface area contributed by atoms with Gasteiger partial charge >= 0.3 is 0 Å². The first kappa shape index (κ1) is 17.5. The standard InChI is InChI=1S/C17H29BrN2/c1-12(2)13(3)20(7)16-9-8-15(18)10-14(16)11-19-17(4,5)6/h8-10,12-13,19H,11H2,1-7H3. The van der Waals surface area contributed by atoms with Crippen LogP contribution in [0.5, 0.6) is 0 Å². The van der Waals surface area contributed by atoms with Crippen LogP contribution >= 0.6 is 15.9 Å². The van der Waals surface area contributed by atoms with E-state index in [1.165, 1.54) is 11.3 Å². The summed E-state index contributed by atoms with van der Waals surface area (Å²) < 4.78 is 1.14. The van der Waals surface area contributed by atoms with Gasteiger partial charge in [-0.15, -0.1) is 0 Å². The molecule has 0 aliphatic rings. The van der Waals surface area contributed by atoms with Gasteiger partial charge < -0.3 is 10.2 Å². The van der Waals surface area contributed by atoms with E-state index >= 15 is 0 Å². The third-order valence-electron chi connectivity index (χ3n) is 3.81. The molecule has 1 aromatic rings. The van der Waals surface area contributed by atoms with E-state index in [9.17, 15) is 0 Å². The fourth-order valence-electron chi connectivity index (χ4n) is 2.07. The zero-order chi connectivity index (χ0) is 15.5. The van der Waals surface area contributed by atoms with Gasteiger partial charge in [-0.25, -0.2) is 0 Å². The van der Waals surface area contributed by atoms with Crippen LogP contribution in [-0.4, -0.2) is 18.6 Å². The molecule has 0 aromatic heterocycles. The smallest absolute Gasteiger partial charge is 0.0412 e. The van der Waals surface area contributed by atoms with Gasteiger partial charge in [0.15, 0.2) is 0 Å². The van der Waals surface area contributed by atoms with E-state index in [2.05, 4.69) is 92.9 Å². The molecule has 0 spiro atoms. The maximum absolute atomic E-state index is 3.59. The average Bonchev–Trinajstić information content (AvgIpc) is 2.33. The highest BCUT2D eigenvalue weighted by atomic mass is 79.9. The molecule has 1 unspecified atom stereocenters. The molecule has 1 N–H and O–H groups in total. The third-order valence-corrected chi connectivity index (χ3v) is 4.30. The van der Waals surface area contributed by atoms with Crippen molar-refractivity contribution in [3.05, 3.63) is 28.2 Å². The molecule has 1 atom stereocenters. The van der Waals surface area contributed by atoms with Crippen LogP contribution in [-0.2, 0) is 6.54 Å². The van der Waals surface area contributed by atoms with Crippen LogP contribution in [0.15, 0.2) is 22.7 Å². The highest BCUT2D eigenvalue weighted by Gasteiger charge is 2.17. The minimum absolute atomic E-state index is 0.127. The van der Waals surface area contributed by atoms with E-state index in [0.717, 1.165) is 11.0 Å². The second-order valence-corrected chi connectivity index (χ2v) is 7.89. The number of nitrogens with one attached hydrogen (secondary N) is 1. The summed E-state index contributed by atoms with van der Waals surface area (Å²) in [6.07, 6.45) is 0. The van der Waals surface area contributed by atoms with Crippen molar-refractivity contribution >= 4 is 21.6 Å². The molecule has 0 radical (unpaired) electrons. The second kappa shape index (κ2) is 6.95. The van der Waals surface area contributed by atoms with Gasteiger partial charge in [-0.2, -0.15) is 0 Å². The summed E-state index contributed by atoms with van der Waals surface area (Å²) in [7, 11) is 2.19. The highest BCUT2D eigenvalue weighted by molar-refractivity contribution is 9.10. The average molecular weight is 341 g/mol. The Morgan fingerprint density at radius 1 is 1.20 bits per heavy atom. The first-order valence-corrected chi connectivity index (χ1v) is 8.17. The van der Waals surface area contributed by atoms with E-state index in [1.807, 2.05) is 0 Å². The van der Waals surface area contributed by atoms with Gasteiger partial charge in [0.25, 0.3) is 0 Å². The number of hydrogen-bond donors (Lipinski definition) is 1. The van der Waals surface area contributed by atoms with Crippen molar-refractivity contribution in [2.24, 2.45) is 5.92 Å². The molecule has 0 aliphatic heterocycles. The molecule has 0 saturated heterocycles. The molecule has 0 saturated carbocycles. The Hall–Kier alpha value is -0.540. The zero-order valence-corrected chi connectivity index (χ0v) is 15.5. The third kappa shape index (κ3) is 5.10. The number of rotatable bonds is 5. The molecular weight excluding hydrogens is 312 g/mol. The lowest BCUT2D eigenvalue weighted by Gasteiger charge is -2.32. The lowest BCUT2D eigenvalue weighted by molar-refractivity contribution is 0.423. The van der Waals surface area contributed by atoms with E-state index in [4.69, 9.17) is 0 Å². The summed E-state index contributed by atoms with van der Waals surface area (Å²) in [5.74, 6) is 0.632. The quantitative estimate of drug-likeness (QED) is 0.826. The Morgan fingerprint density at radius 2 is 1.80 bits per heavy atom. The summed E-state index contributed by atoms with van der Waals surface area (Å²) in [4.78, 5) is 2.39. The Labute approximate surface area is 133 Å².